The highest BCUT2D eigenvalue weighted by molar-refractivity contribution is 7.26. The molecule has 0 unspecified atom stereocenters. The highest BCUT2D eigenvalue weighted by Gasteiger charge is 2.20. The first-order chi connectivity index (χ1) is 31.7. The average molecular weight is 832 g/mol. The van der Waals surface area contributed by atoms with Crippen molar-refractivity contribution in [3.63, 3.8) is 0 Å². The van der Waals surface area contributed by atoms with E-state index in [1.54, 1.807) is 0 Å². The van der Waals surface area contributed by atoms with Crippen molar-refractivity contribution >= 4 is 70.1 Å². The molecule has 0 atom stereocenters. The molecule has 1 heterocycles. The number of nitrogens with zero attached hydrogens (tertiary/aromatic N) is 1. The molecule has 0 aliphatic carbocycles. The van der Waals surface area contributed by atoms with Crippen LogP contribution in [0.3, 0.4) is 0 Å². The summed E-state index contributed by atoms with van der Waals surface area (Å²) in [7, 11) is 0. The summed E-state index contributed by atoms with van der Waals surface area (Å²) < 4.78 is 2.63. The van der Waals surface area contributed by atoms with Gasteiger partial charge in [-0.25, -0.2) is 0 Å². The molecule has 11 aromatic carbocycles. The number of fused-ring (bicyclic) bond motifs is 6. The zero-order valence-corrected chi connectivity index (χ0v) is 35.8. The minimum absolute atomic E-state index is 1.09. The van der Waals surface area contributed by atoms with Crippen LogP contribution < -0.4 is 4.90 Å². The predicted molar refractivity (Wildman–Crippen MR) is 276 cm³/mol. The van der Waals surface area contributed by atoms with Crippen molar-refractivity contribution in [3.8, 4) is 55.6 Å². The van der Waals surface area contributed by atoms with Gasteiger partial charge in [0.25, 0.3) is 0 Å². The summed E-state index contributed by atoms with van der Waals surface area (Å²) in [5, 5.41) is 7.62. The van der Waals surface area contributed by atoms with Crippen molar-refractivity contribution in [2.75, 3.05) is 4.90 Å². The lowest BCUT2D eigenvalue weighted by Crippen LogP contribution is -2.10. The van der Waals surface area contributed by atoms with Gasteiger partial charge in [0.05, 0.1) is 0 Å². The molecule has 0 aliphatic heterocycles. The summed E-state index contributed by atoms with van der Waals surface area (Å²) in [6, 6.07) is 90.9. The maximum Gasteiger partial charge on any atom is 0.0467 e. The van der Waals surface area contributed by atoms with Crippen molar-refractivity contribution < 1.29 is 0 Å². The standard InChI is InChI=1S/C62H41NS/c1-4-17-42(18-5-1)43-33-36-49(37-34-43)63(51-26-15-24-48(40-51)52-30-16-31-57-55-28-12-13-32-59(55)64-62(52)57)50-25-14-23-46(39-50)47-35-38-54-53-27-10-11-29-56(53)60(44-19-6-2-7-20-44)61(58(54)41-47)45-21-8-3-9-22-45/h1-41H. The fraction of sp³-hybridized carbons (Fsp3) is 0. The first-order valence-corrected chi connectivity index (χ1v) is 22.7. The van der Waals surface area contributed by atoms with Crippen LogP contribution in [0, 0.1) is 0 Å². The molecule has 12 rings (SSSR count). The molecule has 0 amide bonds. The summed E-state index contributed by atoms with van der Waals surface area (Å²) in [6.07, 6.45) is 0. The molecule has 0 aliphatic rings. The predicted octanol–water partition coefficient (Wildman–Crippen LogP) is 18.2. The van der Waals surface area contributed by atoms with Gasteiger partial charge < -0.3 is 4.90 Å². The Morgan fingerprint density at radius 3 is 1.42 bits per heavy atom. The van der Waals surface area contributed by atoms with Crippen LogP contribution in [-0.2, 0) is 0 Å². The van der Waals surface area contributed by atoms with E-state index in [-0.39, 0.29) is 0 Å². The first kappa shape index (κ1) is 37.7. The Balaban J connectivity index is 1.03. The summed E-state index contributed by atoms with van der Waals surface area (Å²) in [6.45, 7) is 0. The van der Waals surface area contributed by atoms with Crippen LogP contribution in [0.2, 0.25) is 0 Å². The van der Waals surface area contributed by atoms with Gasteiger partial charge in [0.1, 0.15) is 0 Å². The highest BCUT2D eigenvalue weighted by Crippen LogP contribution is 2.47. The van der Waals surface area contributed by atoms with E-state index in [0.29, 0.717) is 0 Å². The molecule has 64 heavy (non-hydrogen) atoms. The summed E-state index contributed by atoms with van der Waals surface area (Å²) >= 11 is 1.88. The van der Waals surface area contributed by atoms with Gasteiger partial charge in [-0.05, 0) is 126 Å². The molecule has 0 bridgehead atoms. The Hall–Kier alpha value is -8.04. The maximum atomic E-state index is 2.42. The molecule has 300 valence electrons. The highest BCUT2D eigenvalue weighted by atomic mass is 32.1. The Labute approximate surface area is 377 Å². The van der Waals surface area contributed by atoms with E-state index >= 15 is 0 Å². The lowest BCUT2D eigenvalue weighted by molar-refractivity contribution is 1.28. The maximum absolute atomic E-state index is 2.42. The zero-order valence-electron chi connectivity index (χ0n) is 35.0. The normalized spacial score (nSPS) is 11.4. The molecule has 1 nitrogen and oxygen atoms in total. The summed E-state index contributed by atoms with van der Waals surface area (Å²) in [4.78, 5) is 2.41. The second kappa shape index (κ2) is 16.0. The molecule has 12 aromatic rings. The molecule has 0 spiro atoms. The van der Waals surface area contributed by atoms with Crippen molar-refractivity contribution in [2.45, 2.75) is 0 Å². The average Bonchev–Trinajstić information content (AvgIpc) is 3.76. The number of thiophene rings is 1. The van der Waals surface area contributed by atoms with Crippen molar-refractivity contribution in [3.05, 3.63) is 249 Å². The Morgan fingerprint density at radius 1 is 0.250 bits per heavy atom. The molecule has 0 radical (unpaired) electrons. The van der Waals surface area contributed by atoms with E-state index in [1.807, 2.05) is 11.3 Å². The van der Waals surface area contributed by atoms with Crippen LogP contribution in [-0.4, -0.2) is 0 Å². The molecule has 2 heteroatoms. The smallest absolute Gasteiger partial charge is 0.0467 e. The molecule has 0 saturated carbocycles. The lowest BCUT2D eigenvalue weighted by atomic mass is 9.84. The van der Waals surface area contributed by atoms with Gasteiger partial charge in [0.2, 0.25) is 0 Å². The molecular weight excluding hydrogens is 791 g/mol. The Bertz CT molecular complexity index is 3650. The van der Waals surface area contributed by atoms with Gasteiger partial charge in [-0.15, -0.1) is 11.3 Å². The van der Waals surface area contributed by atoms with Crippen molar-refractivity contribution in [1.29, 1.82) is 0 Å². The summed E-state index contributed by atoms with van der Waals surface area (Å²) in [5.41, 5.74) is 15.4. The van der Waals surface area contributed by atoms with Gasteiger partial charge in [0, 0.05) is 37.2 Å². The van der Waals surface area contributed by atoms with Crippen LogP contribution in [0.25, 0.3) is 97.4 Å². The SMILES string of the molecule is c1ccc(-c2ccc(N(c3cccc(-c4ccc5c(c4)c(-c4ccccc4)c(-c4ccccc4)c4ccccc45)c3)c3cccc(-c4cccc5c4sc4ccccc45)c3)cc2)cc1. The third-order valence-electron chi connectivity index (χ3n) is 12.6. The lowest BCUT2D eigenvalue weighted by Gasteiger charge is -2.27. The largest absolute Gasteiger partial charge is 0.310 e. The number of benzene rings is 11. The van der Waals surface area contributed by atoms with Gasteiger partial charge in [-0.1, -0.05) is 200 Å². The number of hydrogen-bond acceptors (Lipinski definition) is 2. The second-order valence-electron chi connectivity index (χ2n) is 16.4. The quantitative estimate of drug-likeness (QED) is 0.138. The van der Waals surface area contributed by atoms with E-state index < -0.39 is 0 Å². The molecule has 1 aromatic heterocycles. The monoisotopic (exact) mass is 831 g/mol. The number of hydrogen-bond donors (Lipinski definition) is 0. The number of rotatable bonds is 8. The van der Waals surface area contributed by atoms with Crippen molar-refractivity contribution in [2.24, 2.45) is 0 Å². The minimum Gasteiger partial charge on any atom is -0.310 e. The van der Waals surface area contributed by atoms with Gasteiger partial charge in [-0.3, -0.25) is 0 Å². The van der Waals surface area contributed by atoms with Crippen molar-refractivity contribution in [1.82, 2.24) is 0 Å². The molecule has 0 N–H and O–H groups in total. The second-order valence-corrected chi connectivity index (χ2v) is 17.5. The van der Waals surface area contributed by atoms with Crippen LogP contribution in [0.15, 0.2) is 249 Å². The molecule has 0 saturated heterocycles. The van der Waals surface area contributed by atoms with Gasteiger partial charge >= 0.3 is 0 Å². The summed E-state index contributed by atoms with van der Waals surface area (Å²) in [5.74, 6) is 0. The minimum atomic E-state index is 1.09. The third kappa shape index (κ3) is 6.64. The van der Waals surface area contributed by atoms with Gasteiger partial charge in [-0.2, -0.15) is 0 Å². The fourth-order valence-corrected chi connectivity index (χ4v) is 10.9. The fourth-order valence-electron chi connectivity index (χ4n) is 9.67. The van der Waals surface area contributed by atoms with Crippen LogP contribution >= 0.6 is 11.3 Å². The topological polar surface area (TPSA) is 3.24 Å². The Morgan fingerprint density at radius 2 is 0.719 bits per heavy atom. The number of anilines is 3. The van der Waals surface area contributed by atoms with Crippen LogP contribution in [0.4, 0.5) is 17.1 Å². The van der Waals surface area contributed by atoms with E-state index in [0.717, 1.165) is 22.6 Å². The Kier molecular flexibility index (Phi) is 9.43. The zero-order chi connectivity index (χ0) is 42.4. The third-order valence-corrected chi connectivity index (χ3v) is 13.9. The van der Waals surface area contributed by atoms with E-state index in [4.69, 9.17) is 0 Å². The molecular formula is C62H41NS. The van der Waals surface area contributed by atoms with E-state index in [9.17, 15) is 0 Å². The van der Waals surface area contributed by atoms with Crippen LogP contribution in [0.1, 0.15) is 0 Å². The molecule has 0 fully saturated rings. The van der Waals surface area contributed by atoms with Crippen LogP contribution in [0.5, 0.6) is 0 Å². The first-order valence-electron chi connectivity index (χ1n) is 21.9. The van der Waals surface area contributed by atoms with Gasteiger partial charge in [0.15, 0.2) is 0 Å². The van der Waals surface area contributed by atoms with E-state index in [2.05, 4.69) is 254 Å². The van der Waals surface area contributed by atoms with E-state index in [1.165, 1.54) is 91.8 Å².